The molecule has 0 saturated carbocycles. The molecule has 0 spiro atoms. The van der Waals surface area contributed by atoms with Crippen molar-refractivity contribution in [2.45, 2.75) is 274 Å². The van der Waals surface area contributed by atoms with E-state index >= 15 is 0 Å². The summed E-state index contributed by atoms with van der Waals surface area (Å²) in [5, 5.41) is 20.1. The van der Waals surface area contributed by atoms with Gasteiger partial charge >= 0.3 is 0 Å². The number of allylic oxidation sites excluding steroid dienone is 41. The van der Waals surface area contributed by atoms with Gasteiger partial charge in [-0.2, -0.15) is 0 Å². The smallest absolute Gasteiger partial charge is 0.0753 e. The Morgan fingerprint density at radius 2 is 0.836 bits per heavy atom. The Bertz CT molecular complexity index is 4220. The lowest BCUT2D eigenvalue weighted by Gasteiger charge is -2.35. The van der Waals surface area contributed by atoms with E-state index in [-0.39, 0.29) is 33.9 Å². The first-order valence-corrected chi connectivity index (χ1v) is 43.5. The molecule has 6 nitrogen and oxygen atoms in total. The van der Waals surface area contributed by atoms with Crippen molar-refractivity contribution in [3.05, 3.63) is 342 Å². The maximum Gasteiger partial charge on any atom is 0.0753 e. The standard InChI is InChI=1S/C23H34O.C22H33NO.C22H31N.C22H33N.C21H29N/c1-7-8-9-11-18(2)12-10-13-19(3)14-15-22-20(4)16-21(24)17-23(22,5)6;1-17(9-6-7-16-23)10-8-11-18(2)12-13-20-19(3)21(24)14-15-22(20,4)5;1-17(14-15-23)8-7-11-21(22(2,3)4)20-13-12-18-9-5-6-10-19(18)16-20;1-18(10-6-7-17-23)11-8-12-19(2)14-15-21-20(3)13-9-16-22(21,4)5;1-21(2,3)20(10-6-7-15-22)14-12-17-11-13-18-8-4-5-9-19(18)16-17/h8-15,21,24H,7,16-17H2,1-6H3;6-13,21,24H,14-16,23H2,1-5H3;7-8,11-14,16H,5-6,9-10,15,23H2,1-4H3;6-8,10-12,14-15H,9,13,16-17,23H2,1-5H3;6-7,10-14,16H,4-5,8-9,15,22H2,1-3H3/b9-8+,12-10+,15-14+,18-11+,19-13+;7-6+,10-8+,13-12+,17-9+,18-11+;8-7+,17-14+,21-11-;7-6+,11-8+,15-14+,18-10+,19-12+;7-6+,14-12+,20-10-. The number of hydrogen-bond donors (Lipinski definition) is 6. The van der Waals surface area contributed by atoms with Crippen LogP contribution in [0.4, 0.5) is 0 Å². The zero-order chi connectivity index (χ0) is 86.5. The summed E-state index contributed by atoms with van der Waals surface area (Å²) in [7, 11) is 0. The van der Waals surface area contributed by atoms with Crippen LogP contribution in [0, 0.1) is 27.1 Å². The number of fused-ring (bicyclic) bond motifs is 2. The van der Waals surface area contributed by atoms with Gasteiger partial charge in [-0.25, -0.2) is 0 Å². The van der Waals surface area contributed by atoms with E-state index in [1.54, 1.807) is 22.3 Å². The summed E-state index contributed by atoms with van der Waals surface area (Å²) < 4.78 is 0. The molecule has 0 aliphatic heterocycles. The lowest BCUT2D eigenvalue weighted by molar-refractivity contribution is 0.116. The Hall–Kier alpha value is -8.04. The second kappa shape index (κ2) is 53.4. The van der Waals surface area contributed by atoms with Crippen LogP contribution in [-0.4, -0.2) is 48.6 Å². The van der Waals surface area contributed by atoms with Crippen molar-refractivity contribution in [3.63, 3.8) is 0 Å². The number of aryl methyl sites for hydroxylation is 4. The van der Waals surface area contributed by atoms with E-state index in [0.717, 1.165) is 37.7 Å². The van der Waals surface area contributed by atoms with Crippen LogP contribution in [0.3, 0.4) is 0 Å². The molecule has 2 atom stereocenters. The van der Waals surface area contributed by atoms with Gasteiger partial charge in [-0.05, 0) is 266 Å². The van der Waals surface area contributed by atoms with Crippen molar-refractivity contribution >= 4 is 11.6 Å². The zero-order valence-electron chi connectivity index (χ0n) is 77.0. The average molecular weight is 1570 g/mol. The fraction of sp³-hybridized carbons (Fsp3) is 0.455. The molecule has 0 amide bonds. The van der Waals surface area contributed by atoms with Gasteiger partial charge in [-0.15, -0.1) is 0 Å². The van der Waals surface area contributed by atoms with Gasteiger partial charge in [0.25, 0.3) is 0 Å². The van der Waals surface area contributed by atoms with Crippen molar-refractivity contribution in [1.29, 1.82) is 0 Å². The molecule has 0 radical (unpaired) electrons. The van der Waals surface area contributed by atoms with Gasteiger partial charge in [0, 0.05) is 26.2 Å². The second-order valence-corrected chi connectivity index (χ2v) is 36.5. The Morgan fingerprint density at radius 1 is 0.414 bits per heavy atom. The van der Waals surface area contributed by atoms with Crippen molar-refractivity contribution in [2.24, 2.45) is 50.0 Å². The summed E-state index contributed by atoms with van der Waals surface area (Å²) in [5.41, 5.74) is 50.9. The van der Waals surface area contributed by atoms with Crippen LogP contribution in [0.2, 0.25) is 0 Å². The fourth-order valence-electron chi connectivity index (χ4n) is 15.2. The number of benzene rings is 2. The molecule has 2 aromatic rings. The number of nitrogens with two attached hydrogens (primary N) is 4. The van der Waals surface area contributed by atoms with Crippen molar-refractivity contribution in [1.82, 2.24) is 0 Å². The molecule has 0 fully saturated rings. The minimum absolute atomic E-state index is 0.0410. The van der Waals surface area contributed by atoms with Crippen molar-refractivity contribution in [3.8, 4) is 0 Å². The maximum absolute atomic E-state index is 10.1. The third kappa shape index (κ3) is 39.9. The van der Waals surface area contributed by atoms with Gasteiger partial charge in [0.15, 0.2) is 0 Å². The molecule has 0 bridgehead atoms. The van der Waals surface area contributed by atoms with Crippen LogP contribution >= 0.6 is 0 Å². The van der Waals surface area contributed by atoms with Crippen LogP contribution in [0.5, 0.6) is 0 Å². The number of aliphatic hydroxyl groups excluding tert-OH is 2. The van der Waals surface area contributed by atoms with Gasteiger partial charge in [0.2, 0.25) is 0 Å². The molecule has 632 valence electrons. The van der Waals surface area contributed by atoms with Crippen LogP contribution in [0.1, 0.15) is 270 Å². The molecule has 2 unspecified atom stereocenters. The van der Waals surface area contributed by atoms with E-state index < -0.39 is 0 Å². The predicted octanol–water partition coefficient (Wildman–Crippen LogP) is 28.0. The zero-order valence-corrected chi connectivity index (χ0v) is 77.0. The van der Waals surface area contributed by atoms with E-state index in [1.165, 1.54) is 160 Å². The largest absolute Gasteiger partial charge is 0.393 e. The van der Waals surface area contributed by atoms with Crippen LogP contribution < -0.4 is 22.9 Å². The lowest BCUT2D eigenvalue weighted by Crippen LogP contribution is -2.28. The van der Waals surface area contributed by atoms with Crippen molar-refractivity contribution < 1.29 is 10.2 Å². The van der Waals surface area contributed by atoms with E-state index in [1.807, 2.05) is 49.5 Å². The second-order valence-electron chi connectivity index (χ2n) is 36.5. The average Bonchev–Trinajstić information content (AvgIpc) is 0.820. The highest BCUT2D eigenvalue weighted by molar-refractivity contribution is 5.72. The Labute approximate surface area is 710 Å². The summed E-state index contributed by atoms with van der Waals surface area (Å²) in [4.78, 5) is 0. The highest BCUT2D eigenvalue weighted by Gasteiger charge is 2.33. The summed E-state index contributed by atoms with van der Waals surface area (Å²) >= 11 is 0. The summed E-state index contributed by atoms with van der Waals surface area (Å²) in [6.07, 6.45) is 88.1. The SMILES string of the molecule is CC(/C=C/C=C(/c1ccc2c(c1)CCCC2)C(C)(C)C)=C\CN.CC(C)(C)C(=C\C=C\CN)/C=C/c1ccc2c(c1)CCCC2.CC/C=C/C=C(C)/C=C/C=C(C)/C=C/C1=C(C)CC(O)CC1(C)C.CC1=C(/C=C/C(C)=C/C=C/C(C)=C/C=C/CN)C(C)(C)CCC1.CC1=C(/C=C/C(C)=C/C=C/C(C)=C/C=C/CN)C(C)(C)CCC1O. The third-order valence-corrected chi connectivity index (χ3v) is 22.2. The van der Waals surface area contributed by atoms with E-state index in [0.29, 0.717) is 31.6 Å². The van der Waals surface area contributed by atoms with E-state index in [4.69, 9.17) is 22.9 Å². The van der Waals surface area contributed by atoms with E-state index in [9.17, 15) is 10.2 Å². The molecule has 2 aromatic carbocycles. The first kappa shape index (κ1) is 102. The first-order chi connectivity index (χ1) is 54.8. The lowest BCUT2D eigenvalue weighted by atomic mass is 9.71. The van der Waals surface area contributed by atoms with Crippen LogP contribution in [0.25, 0.3) is 11.6 Å². The molecule has 10 N–H and O–H groups in total. The monoisotopic (exact) mass is 1570 g/mol. The quantitative estimate of drug-likeness (QED) is 0.0518. The molecule has 7 rings (SSSR count). The molecule has 0 saturated heterocycles. The minimum atomic E-state index is -0.295. The number of hydrogen-bond acceptors (Lipinski definition) is 6. The van der Waals surface area contributed by atoms with Crippen LogP contribution in [-0.2, 0) is 25.7 Å². The molecule has 0 heterocycles. The molecular weight excluding hydrogens is 1410 g/mol. The van der Waals surface area contributed by atoms with Crippen LogP contribution in [0.15, 0.2) is 309 Å². The normalized spacial score (nSPS) is 20.1. The Balaban J connectivity index is 0.000000375. The highest BCUT2D eigenvalue weighted by Crippen LogP contribution is 2.44. The summed E-state index contributed by atoms with van der Waals surface area (Å²) in [5.74, 6) is 0. The van der Waals surface area contributed by atoms with Gasteiger partial charge in [0.1, 0.15) is 0 Å². The molecule has 5 aliphatic rings. The van der Waals surface area contributed by atoms with Gasteiger partial charge in [-0.1, -0.05) is 377 Å². The fourth-order valence-corrected chi connectivity index (χ4v) is 15.2. The topological polar surface area (TPSA) is 145 Å². The highest BCUT2D eigenvalue weighted by atomic mass is 16.3. The van der Waals surface area contributed by atoms with Gasteiger partial charge < -0.3 is 33.1 Å². The Kier molecular flexibility index (Phi) is 47.0. The summed E-state index contributed by atoms with van der Waals surface area (Å²) in [6, 6.07) is 14.0. The third-order valence-electron chi connectivity index (χ3n) is 22.2. The number of rotatable bonds is 26. The van der Waals surface area contributed by atoms with E-state index in [2.05, 4.69) is 347 Å². The Morgan fingerprint density at radius 3 is 1.30 bits per heavy atom. The number of aliphatic hydroxyl groups is 2. The summed E-state index contributed by atoms with van der Waals surface area (Å²) in [6.45, 7) is 52.9. The maximum atomic E-state index is 10.1. The van der Waals surface area contributed by atoms with Gasteiger partial charge in [-0.3, -0.25) is 0 Å². The van der Waals surface area contributed by atoms with Gasteiger partial charge in [0.05, 0.1) is 12.2 Å². The molecule has 6 heteroatoms. The first-order valence-electron chi connectivity index (χ1n) is 43.5. The predicted molar refractivity (Wildman–Crippen MR) is 517 cm³/mol. The molecule has 5 aliphatic carbocycles. The molecule has 0 aromatic heterocycles. The van der Waals surface area contributed by atoms with Crippen molar-refractivity contribution in [2.75, 3.05) is 26.2 Å². The molecule has 116 heavy (non-hydrogen) atoms. The molecular formula is C110H160N4O2. The minimum Gasteiger partial charge on any atom is -0.393 e.